The minimum absolute atomic E-state index is 0.0989. The Morgan fingerprint density at radius 2 is 1.52 bits per heavy atom. The number of carbonyl (C=O) groups is 2. The van der Waals surface area contributed by atoms with E-state index >= 15 is 0 Å². The van der Waals surface area contributed by atoms with Crippen molar-refractivity contribution >= 4 is 27.5 Å². The second-order valence-electron chi connectivity index (χ2n) is 11.5. The lowest BCUT2D eigenvalue weighted by molar-refractivity contribution is -0.140. The first kappa shape index (κ1) is 31.3. The molecule has 224 valence electrons. The van der Waals surface area contributed by atoms with Crippen LogP contribution in [0.3, 0.4) is 0 Å². The number of hydrogen-bond acceptors (Lipinski definition) is 4. The van der Waals surface area contributed by atoms with E-state index in [1.165, 1.54) is 16.4 Å². The Balaban J connectivity index is 1.71. The van der Waals surface area contributed by atoms with Crippen molar-refractivity contribution in [1.29, 1.82) is 0 Å². The third-order valence-corrected chi connectivity index (χ3v) is 9.81. The summed E-state index contributed by atoms with van der Waals surface area (Å²) < 4.78 is 29.1. The lowest BCUT2D eigenvalue weighted by Gasteiger charge is -2.34. The van der Waals surface area contributed by atoms with Crippen LogP contribution in [0.5, 0.6) is 0 Å². The SMILES string of the molecule is CC[C@@H](C(=O)NC1CCCC1)N(Cc1ccc(C)cc1)C(=O)CN(c1ccc(C(C)C)cc1)S(=O)(=O)c1ccccc1. The molecule has 7 nitrogen and oxygen atoms in total. The molecule has 8 heteroatoms. The normalized spacial score (nSPS) is 14.5. The summed E-state index contributed by atoms with van der Waals surface area (Å²) in [4.78, 5) is 29.4. The van der Waals surface area contributed by atoms with Crippen LogP contribution in [0.25, 0.3) is 0 Å². The largest absolute Gasteiger partial charge is 0.352 e. The number of amides is 2. The average Bonchev–Trinajstić information content (AvgIpc) is 3.50. The molecule has 0 spiro atoms. The topological polar surface area (TPSA) is 86.8 Å². The number of benzene rings is 3. The molecule has 0 bridgehead atoms. The van der Waals surface area contributed by atoms with E-state index in [-0.39, 0.29) is 29.3 Å². The molecule has 2 amide bonds. The van der Waals surface area contributed by atoms with Gasteiger partial charge in [-0.25, -0.2) is 8.42 Å². The summed E-state index contributed by atoms with van der Waals surface area (Å²) in [5.74, 6) is -0.353. The van der Waals surface area contributed by atoms with Crippen molar-refractivity contribution in [2.75, 3.05) is 10.8 Å². The van der Waals surface area contributed by atoms with Crippen LogP contribution in [0.1, 0.15) is 75.5 Å². The predicted octanol–water partition coefficient (Wildman–Crippen LogP) is 6.18. The van der Waals surface area contributed by atoms with Crippen molar-refractivity contribution in [1.82, 2.24) is 10.2 Å². The van der Waals surface area contributed by atoms with E-state index in [4.69, 9.17) is 0 Å². The summed E-state index contributed by atoms with van der Waals surface area (Å²) in [6, 6.07) is 22.6. The van der Waals surface area contributed by atoms with E-state index in [2.05, 4.69) is 19.2 Å². The van der Waals surface area contributed by atoms with Gasteiger partial charge in [0.25, 0.3) is 10.0 Å². The maximum atomic E-state index is 14.2. The van der Waals surface area contributed by atoms with Gasteiger partial charge in [-0.05, 0) is 67.5 Å². The van der Waals surface area contributed by atoms with Gasteiger partial charge in [0, 0.05) is 12.6 Å². The molecule has 0 heterocycles. The molecule has 1 N–H and O–H groups in total. The molecule has 1 saturated carbocycles. The number of hydrogen-bond donors (Lipinski definition) is 1. The zero-order valence-corrected chi connectivity index (χ0v) is 25.9. The Hall–Kier alpha value is -3.65. The summed E-state index contributed by atoms with van der Waals surface area (Å²) in [6.45, 7) is 7.78. The summed E-state index contributed by atoms with van der Waals surface area (Å²) in [5.41, 5.74) is 3.43. The number of aryl methyl sites for hydroxylation is 1. The summed E-state index contributed by atoms with van der Waals surface area (Å²) >= 11 is 0. The molecule has 0 saturated heterocycles. The maximum Gasteiger partial charge on any atom is 0.264 e. The van der Waals surface area contributed by atoms with Crippen molar-refractivity contribution in [2.45, 2.75) is 89.2 Å². The van der Waals surface area contributed by atoms with Crippen LogP contribution in [-0.4, -0.2) is 43.8 Å². The van der Waals surface area contributed by atoms with Crippen molar-refractivity contribution in [3.8, 4) is 0 Å². The number of rotatable bonds is 12. The molecule has 4 rings (SSSR count). The minimum Gasteiger partial charge on any atom is -0.352 e. The number of sulfonamides is 1. The van der Waals surface area contributed by atoms with E-state index in [9.17, 15) is 18.0 Å². The molecule has 1 atom stereocenters. The highest BCUT2D eigenvalue weighted by Gasteiger charge is 2.34. The van der Waals surface area contributed by atoms with Crippen LogP contribution in [0, 0.1) is 6.92 Å². The van der Waals surface area contributed by atoms with Gasteiger partial charge in [-0.3, -0.25) is 13.9 Å². The van der Waals surface area contributed by atoms with Gasteiger partial charge in [-0.1, -0.05) is 93.8 Å². The highest BCUT2D eigenvalue weighted by atomic mass is 32.2. The van der Waals surface area contributed by atoms with Gasteiger partial charge in [0.1, 0.15) is 12.6 Å². The Labute approximate surface area is 251 Å². The lowest BCUT2D eigenvalue weighted by atomic mass is 10.0. The van der Waals surface area contributed by atoms with Gasteiger partial charge in [0.2, 0.25) is 11.8 Å². The molecular weight excluding hydrogens is 546 g/mol. The van der Waals surface area contributed by atoms with Crippen molar-refractivity contribution in [2.24, 2.45) is 0 Å². The predicted molar refractivity (Wildman–Crippen MR) is 168 cm³/mol. The summed E-state index contributed by atoms with van der Waals surface area (Å²) in [5, 5.41) is 3.15. The molecule has 3 aromatic carbocycles. The molecule has 0 aromatic heterocycles. The fourth-order valence-electron chi connectivity index (χ4n) is 5.45. The molecule has 0 aliphatic heterocycles. The number of nitrogens with one attached hydrogen (secondary N) is 1. The molecular formula is C34H43N3O4S. The molecule has 0 radical (unpaired) electrons. The standard InChI is InChI=1S/C34H43N3O4S/c1-5-32(34(39)35-29-11-9-10-12-29)36(23-27-17-15-26(4)16-18-27)33(38)24-37(30-21-19-28(20-22-30)25(2)3)42(40,41)31-13-7-6-8-14-31/h6-8,13-22,25,29,32H,5,9-12,23-24H2,1-4H3,(H,35,39)/t32-/m0/s1. The van der Waals surface area contributed by atoms with E-state index in [0.29, 0.717) is 12.1 Å². The fraction of sp³-hybridized carbons (Fsp3) is 0.412. The molecule has 1 fully saturated rings. The second kappa shape index (κ2) is 14.0. The Bertz CT molecular complexity index is 1430. The van der Waals surface area contributed by atoms with E-state index in [1.54, 1.807) is 35.2 Å². The van der Waals surface area contributed by atoms with Crippen molar-refractivity contribution in [3.05, 3.63) is 95.6 Å². The van der Waals surface area contributed by atoms with Gasteiger partial charge in [-0.2, -0.15) is 0 Å². The first-order chi connectivity index (χ1) is 20.1. The van der Waals surface area contributed by atoms with E-state index < -0.39 is 28.5 Å². The monoisotopic (exact) mass is 589 g/mol. The number of nitrogens with zero attached hydrogens (tertiary/aromatic N) is 2. The molecule has 1 aliphatic rings. The van der Waals surface area contributed by atoms with Gasteiger partial charge in [-0.15, -0.1) is 0 Å². The minimum atomic E-state index is -4.08. The zero-order valence-electron chi connectivity index (χ0n) is 25.1. The summed E-state index contributed by atoms with van der Waals surface area (Å²) in [7, 11) is -4.08. The van der Waals surface area contributed by atoms with Gasteiger partial charge in [0.15, 0.2) is 0 Å². The number of carbonyl (C=O) groups excluding carboxylic acids is 2. The Morgan fingerprint density at radius 3 is 2.10 bits per heavy atom. The highest BCUT2D eigenvalue weighted by Crippen LogP contribution is 2.27. The highest BCUT2D eigenvalue weighted by molar-refractivity contribution is 7.92. The molecule has 3 aromatic rings. The molecule has 42 heavy (non-hydrogen) atoms. The fourth-order valence-corrected chi connectivity index (χ4v) is 6.89. The Kier molecular flexibility index (Phi) is 10.4. The van der Waals surface area contributed by atoms with Crippen LogP contribution < -0.4 is 9.62 Å². The van der Waals surface area contributed by atoms with E-state index in [1.807, 2.05) is 50.2 Å². The van der Waals surface area contributed by atoms with Crippen LogP contribution >= 0.6 is 0 Å². The molecule has 0 unspecified atom stereocenters. The maximum absolute atomic E-state index is 14.2. The van der Waals surface area contributed by atoms with Gasteiger partial charge in [0.05, 0.1) is 10.6 Å². The van der Waals surface area contributed by atoms with Crippen LogP contribution in [0.2, 0.25) is 0 Å². The third kappa shape index (κ3) is 7.59. The van der Waals surface area contributed by atoms with Crippen LogP contribution in [-0.2, 0) is 26.2 Å². The van der Waals surface area contributed by atoms with Gasteiger partial charge < -0.3 is 10.2 Å². The lowest BCUT2D eigenvalue weighted by Crippen LogP contribution is -2.53. The smallest absolute Gasteiger partial charge is 0.264 e. The van der Waals surface area contributed by atoms with Crippen LogP contribution in [0.15, 0.2) is 83.8 Å². The third-order valence-electron chi connectivity index (χ3n) is 8.02. The van der Waals surface area contributed by atoms with Crippen LogP contribution in [0.4, 0.5) is 5.69 Å². The van der Waals surface area contributed by atoms with E-state index in [0.717, 1.165) is 42.4 Å². The summed E-state index contributed by atoms with van der Waals surface area (Å²) in [6.07, 6.45) is 4.43. The molecule has 1 aliphatic carbocycles. The number of anilines is 1. The first-order valence-electron chi connectivity index (χ1n) is 14.9. The van der Waals surface area contributed by atoms with Crippen molar-refractivity contribution in [3.63, 3.8) is 0 Å². The Morgan fingerprint density at radius 1 is 0.905 bits per heavy atom. The zero-order chi connectivity index (χ0) is 30.3. The second-order valence-corrected chi connectivity index (χ2v) is 13.4. The van der Waals surface area contributed by atoms with Crippen molar-refractivity contribution < 1.29 is 18.0 Å². The quantitative estimate of drug-likeness (QED) is 0.273. The first-order valence-corrected chi connectivity index (χ1v) is 16.4. The average molecular weight is 590 g/mol. The van der Waals surface area contributed by atoms with Gasteiger partial charge >= 0.3 is 0 Å².